The topological polar surface area (TPSA) is 21.3 Å². The molecule has 0 heterocycles. The molecular weight excluding hydrogens is 438 g/mol. The minimum Gasteiger partial charge on any atom is -0.490 e. The molecule has 2 nitrogen and oxygen atoms in total. The summed E-state index contributed by atoms with van der Waals surface area (Å²) in [5.41, 5.74) is 0.157. The molecule has 0 aromatic heterocycles. The minimum absolute atomic E-state index is 0.157. The van der Waals surface area contributed by atoms with Crippen molar-refractivity contribution in [3.63, 3.8) is 0 Å². The van der Waals surface area contributed by atoms with E-state index in [1.165, 1.54) is 0 Å². The number of hydrogen-bond acceptors (Lipinski definition) is 2. The zero-order valence-corrected chi connectivity index (χ0v) is 16.4. The third-order valence-electron chi connectivity index (χ3n) is 2.85. The van der Waals surface area contributed by atoms with Crippen LogP contribution >= 0.6 is 47.8 Å². The summed E-state index contributed by atoms with van der Waals surface area (Å²) >= 11 is 10.5. The van der Waals surface area contributed by atoms with Crippen molar-refractivity contribution in [2.45, 2.75) is 33.7 Å². The SMILES string of the molecule is CCNC(COc1c(Br)cc(Br)cc1Br)C(C)(C)C. The van der Waals surface area contributed by atoms with Gasteiger partial charge in [0.25, 0.3) is 0 Å². The van der Waals surface area contributed by atoms with Gasteiger partial charge in [0.1, 0.15) is 12.4 Å². The average molecular weight is 458 g/mol. The molecule has 1 aromatic rings. The summed E-state index contributed by atoms with van der Waals surface area (Å²) in [4.78, 5) is 0. The lowest BCUT2D eigenvalue weighted by Crippen LogP contribution is -2.44. The zero-order chi connectivity index (χ0) is 14.6. The molecule has 1 aromatic carbocycles. The smallest absolute Gasteiger partial charge is 0.147 e. The van der Waals surface area contributed by atoms with E-state index >= 15 is 0 Å². The van der Waals surface area contributed by atoms with Gasteiger partial charge in [-0.3, -0.25) is 0 Å². The number of ether oxygens (including phenoxy) is 1. The van der Waals surface area contributed by atoms with Crippen LogP contribution in [0.3, 0.4) is 0 Å². The van der Waals surface area contributed by atoms with E-state index in [2.05, 4.69) is 80.8 Å². The molecule has 1 unspecified atom stereocenters. The second-order valence-electron chi connectivity index (χ2n) is 5.49. The van der Waals surface area contributed by atoms with Crippen molar-refractivity contribution in [1.29, 1.82) is 0 Å². The highest BCUT2D eigenvalue weighted by Crippen LogP contribution is 2.36. The van der Waals surface area contributed by atoms with Gasteiger partial charge in [-0.1, -0.05) is 43.6 Å². The van der Waals surface area contributed by atoms with E-state index in [0.717, 1.165) is 25.7 Å². The van der Waals surface area contributed by atoms with Crippen molar-refractivity contribution in [2.24, 2.45) is 5.41 Å². The Kier molecular flexibility index (Phi) is 6.84. The molecule has 1 N–H and O–H groups in total. The first-order valence-corrected chi connectivity index (χ1v) is 8.64. The Hall–Kier alpha value is 0.420. The third kappa shape index (κ3) is 5.37. The highest BCUT2D eigenvalue weighted by Gasteiger charge is 2.25. The van der Waals surface area contributed by atoms with Gasteiger partial charge in [-0.25, -0.2) is 0 Å². The first-order chi connectivity index (χ1) is 8.75. The molecule has 0 saturated carbocycles. The van der Waals surface area contributed by atoms with Crippen molar-refractivity contribution < 1.29 is 4.74 Å². The summed E-state index contributed by atoms with van der Waals surface area (Å²) in [5.74, 6) is 0.843. The Bertz CT molecular complexity index is 406. The molecular formula is C14H20Br3NO. The first-order valence-electron chi connectivity index (χ1n) is 6.26. The summed E-state index contributed by atoms with van der Waals surface area (Å²) in [5, 5.41) is 3.48. The van der Waals surface area contributed by atoms with Crippen molar-refractivity contribution in [3.8, 4) is 5.75 Å². The summed E-state index contributed by atoms with van der Waals surface area (Å²) in [6, 6.07) is 4.28. The number of halogens is 3. The molecule has 108 valence electrons. The summed E-state index contributed by atoms with van der Waals surface area (Å²) in [6.45, 7) is 10.3. The van der Waals surface area contributed by atoms with Crippen molar-refractivity contribution in [1.82, 2.24) is 5.32 Å². The van der Waals surface area contributed by atoms with Crippen LogP contribution < -0.4 is 10.1 Å². The third-order valence-corrected chi connectivity index (χ3v) is 4.49. The monoisotopic (exact) mass is 455 g/mol. The van der Waals surface area contributed by atoms with Gasteiger partial charge in [-0.2, -0.15) is 0 Å². The molecule has 1 atom stereocenters. The van der Waals surface area contributed by atoms with Crippen LogP contribution in [0.5, 0.6) is 5.75 Å². The van der Waals surface area contributed by atoms with Crippen molar-refractivity contribution >= 4 is 47.8 Å². The second kappa shape index (κ2) is 7.43. The van der Waals surface area contributed by atoms with E-state index in [1.807, 2.05) is 12.1 Å². The Morgan fingerprint density at radius 2 is 1.68 bits per heavy atom. The van der Waals surface area contributed by atoms with Gasteiger partial charge in [0, 0.05) is 10.5 Å². The lowest BCUT2D eigenvalue weighted by molar-refractivity contribution is 0.174. The first kappa shape index (κ1) is 17.5. The van der Waals surface area contributed by atoms with Crippen LogP contribution in [0.1, 0.15) is 27.7 Å². The Morgan fingerprint density at radius 1 is 1.16 bits per heavy atom. The largest absolute Gasteiger partial charge is 0.490 e. The quantitative estimate of drug-likeness (QED) is 0.641. The lowest BCUT2D eigenvalue weighted by atomic mass is 9.87. The van der Waals surface area contributed by atoms with Crippen molar-refractivity contribution in [3.05, 3.63) is 25.6 Å². The fourth-order valence-electron chi connectivity index (χ4n) is 1.70. The number of likely N-dealkylation sites (N-methyl/N-ethyl adjacent to an activating group) is 1. The van der Waals surface area contributed by atoms with Crippen LogP contribution in [-0.4, -0.2) is 19.2 Å². The van der Waals surface area contributed by atoms with E-state index < -0.39 is 0 Å². The fourth-order valence-corrected chi connectivity index (χ4v) is 4.18. The second-order valence-corrected chi connectivity index (χ2v) is 8.11. The predicted molar refractivity (Wildman–Crippen MR) is 92.0 cm³/mol. The molecule has 0 spiro atoms. The average Bonchev–Trinajstić information content (AvgIpc) is 2.24. The van der Waals surface area contributed by atoms with Crippen LogP contribution in [0.15, 0.2) is 25.6 Å². The molecule has 0 aliphatic rings. The van der Waals surface area contributed by atoms with Crippen LogP contribution in [0.4, 0.5) is 0 Å². The molecule has 0 aliphatic heterocycles. The highest BCUT2D eigenvalue weighted by atomic mass is 79.9. The van der Waals surface area contributed by atoms with Crippen LogP contribution in [0, 0.1) is 5.41 Å². The molecule has 0 bridgehead atoms. The van der Waals surface area contributed by atoms with Gasteiger partial charge in [-0.05, 0) is 56.0 Å². The molecule has 0 aliphatic carbocycles. The molecule has 0 radical (unpaired) electrons. The van der Waals surface area contributed by atoms with Gasteiger partial charge in [0.2, 0.25) is 0 Å². The Morgan fingerprint density at radius 3 is 2.11 bits per heavy atom. The van der Waals surface area contributed by atoms with Crippen molar-refractivity contribution in [2.75, 3.05) is 13.2 Å². The summed E-state index contributed by atoms with van der Waals surface area (Å²) in [7, 11) is 0. The van der Waals surface area contributed by atoms with Crippen LogP contribution in [0.25, 0.3) is 0 Å². The lowest BCUT2D eigenvalue weighted by Gasteiger charge is -2.31. The molecule has 1 rings (SSSR count). The molecule has 19 heavy (non-hydrogen) atoms. The predicted octanol–water partition coefficient (Wildman–Crippen LogP) is 5.38. The number of nitrogens with one attached hydrogen (secondary N) is 1. The van der Waals surface area contributed by atoms with E-state index in [-0.39, 0.29) is 5.41 Å². The maximum Gasteiger partial charge on any atom is 0.147 e. The molecule has 0 saturated heterocycles. The number of benzene rings is 1. The maximum atomic E-state index is 5.99. The Labute approximate surface area is 141 Å². The van der Waals surface area contributed by atoms with E-state index in [4.69, 9.17) is 4.74 Å². The fraction of sp³-hybridized carbons (Fsp3) is 0.571. The van der Waals surface area contributed by atoms with Gasteiger partial charge < -0.3 is 10.1 Å². The summed E-state index contributed by atoms with van der Waals surface area (Å²) in [6.07, 6.45) is 0. The van der Waals surface area contributed by atoms with Gasteiger partial charge in [0.15, 0.2) is 0 Å². The van der Waals surface area contributed by atoms with Gasteiger partial charge in [-0.15, -0.1) is 0 Å². The number of rotatable bonds is 5. The highest BCUT2D eigenvalue weighted by molar-refractivity contribution is 9.11. The van der Waals surface area contributed by atoms with Crippen LogP contribution in [0.2, 0.25) is 0 Å². The van der Waals surface area contributed by atoms with Crippen LogP contribution in [-0.2, 0) is 0 Å². The molecule has 0 fully saturated rings. The molecule has 0 amide bonds. The Balaban J connectivity index is 2.80. The number of hydrogen-bond donors (Lipinski definition) is 1. The van der Waals surface area contributed by atoms with Gasteiger partial charge >= 0.3 is 0 Å². The maximum absolute atomic E-state index is 5.99. The normalized spacial score (nSPS) is 13.4. The molecule has 5 heteroatoms. The van der Waals surface area contributed by atoms with E-state index in [0.29, 0.717) is 12.6 Å². The van der Waals surface area contributed by atoms with Gasteiger partial charge in [0.05, 0.1) is 8.95 Å². The minimum atomic E-state index is 0.157. The standard InChI is InChI=1S/C14H20Br3NO/c1-5-18-12(14(2,3)4)8-19-13-10(16)6-9(15)7-11(13)17/h6-7,12,18H,5,8H2,1-4H3. The van der Waals surface area contributed by atoms with E-state index in [9.17, 15) is 0 Å². The zero-order valence-electron chi connectivity index (χ0n) is 11.7. The summed E-state index contributed by atoms with van der Waals surface area (Å²) < 4.78 is 8.88. The van der Waals surface area contributed by atoms with E-state index in [1.54, 1.807) is 0 Å².